The van der Waals surface area contributed by atoms with Gasteiger partial charge in [-0.25, -0.2) is 14.5 Å². The Morgan fingerprint density at radius 3 is 2.81 bits per heavy atom. The van der Waals surface area contributed by atoms with Crippen LogP contribution in [0.15, 0.2) is 18.3 Å². The summed E-state index contributed by atoms with van der Waals surface area (Å²) in [7, 11) is -3.02. The second-order valence-corrected chi connectivity index (χ2v) is 4.31. The van der Waals surface area contributed by atoms with E-state index >= 15 is 0 Å². The molecule has 0 bridgehead atoms. The first-order valence-electron chi connectivity index (χ1n) is 3.93. The molecule has 1 aromatic rings. The molecule has 1 aromatic heterocycles. The van der Waals surface area contributed by atoms with Gasteiger partial charge in [0.2, 0.25) is 0 Å². The Balaban J connectivity index is 2.81. The Kier molecular flexibility index (Phi) is 3.91. The van der Waals surface area contributed by atoms with Crippen molar-refractivity contribution in [2.24, 2.45) is 0 Å². The highest BCUT2D eigenvalue weighted by molar-refractivity contribution is 7.91. The number of rotatable bonds is 3. The van der Waals surface area contributed by atoms with Crippen molar-refractivity contribution in [3.8, 4) is 0 Å². The summed E-state index contributed by atoms with van der Waals surface area (Å²) in [5.41, 5.74) is 0.0561. The third-order valence-electron chi connectivity index (χ3n) is 1.41. The number of ether oxygens (including phenoxy) is 1. The highest BCUT2D eigenvalue weighted by atomic mass is 35.5. The molecule has 0 radical (unpaired) electrons. The van der Waals surface area contributed by atoms with Crippen LogP contribution in [-0.2, 0) is 14.9 Å². The summed E-state index contributed by atoms with van der Waals surface area (Å²) >= 11 is 5.62. The Morgan fingerprint density at radius 1 is 1.56 bits per heavy atom. The van der Waals surface area contributed by atoms with E-state index in [0.717, 1.165) is 7.11 Å². The molecule has 0 saturated heterocycles. The van der Waals surface area contributed by atoms with E-state index in [9.17, 15) is 13.2 Å². The van der Waals surface area contributed by atoms with Gasteiger partial charge >= 0.3 is 16.3 Å². The highest BCUT2D eigenvalue weighted by Gasteiger charge is 2.15. The van der Waals surface area contributed by atoms with Crippen LogP contribution < -0.4 is 9.44 Å². The van der Waals surface area contributed by atoms with Crippen LogP contribution in [0.25, 0.3) is 0 Å². The summed E-state index contributed by atoms with van der Waals surface area (Å²) in [6.07, 6.45) is 0.293. The van der Waals surface area contributed by atoms with E-state index < -0.39 is 16.3 Å². The summed E-state index contributed by atoms with van der Waals surface area (Å²) < 4.78 is 30.4. The van der Waals surface area contributed by atoms with Gasteiger partial charge < -0.3 is 4.74 Å². The number of hydrogen-bond acceptors (Lipinski definition) is 5. The fourth-order valence-corrected chi connectivity index (χ4v) is 1.81. The maximum Gasteiger partial charge on any atom is 0.422 e. The highest BCUT2D eigenvalue weighted by Crippen LogP contribution is 2.18. The van der Waals surface area contributed by atoms with E-state index in [2.05, 4.69) is 9.72 Å². The maximum absolute atomic E-state index is 11.3. The zero-order chi connectivity index (χ0) is 12.2. The number of methoxy groups -OCH3 is 1. The number of hydrogen-bond donors (Lipinski definition) is 2. The average Bonchev–Trinajstić information content (AvgIpc) is 2.20. The number of halogens is 1. The molecule has 0 spiro atoms. The van der Waals surface area contributed by atoms with Crippen LogP contribution in [0, 0.1) is 0 Å². The molecule has 0 aliphatic rings. The second kappa shape index (κ2) is 4.99. The number of anilines is 1. The molecule has 0 atom stereocenters. The number of nitrogens with one attached hydrogen (secondary N) is 2. The lowest BCUT2D eigenvalue weighted by molar-refractivity contribution is 0.177. The number of carbonyl (C=O) groups is 1. The lowest BCUT2D eigenvalue weighted by Crippen LogP contribution is -2.35. The summed E-state index contributed by atoms with van der Waals surface area (Å²) in [6.45, 7) is 0. The van der Waals surface area contributed by atoms with E-state index in [1.54, 1.807) is 4.72 Å². The molecule has 1 amide bonds. The van der Waals surface area contributed by atoms with Crippen LogP contribution in [0.2, 0.25) is 5.15 Å². The van der Waals surface area contributed by atoms with Gasteiger partial charge in [0.05, 0.1) is 12.8 Å². The minimum absolute atomic E-state index is 0.0299. The molecule has 16 heavy (non-hydrogen) atoms. The normalized spacial score (nSPS) is 10.6. The minimum Gasteiger partial charge on any atom is -0.452 e. The van der Waals surface area contributed by atoms with Crippen LogP contribution in [0.4, 0.5) is 10.5 Å². The van der Waals surface area contributed by atoms with E-state index in [1.165, 1.54) is 18.3 Å². The van der Waals surface area contributed by atoms with Gasteiger partial charge in [0.1, 0.15) is 0 Å². The van der Waals surface area contributed by atoms with Crippen LogP contribution >= 0.6 is 11.6 Å². The van der Waals surface area contributed by atoms with Gasteiger partial charge in [-0.3, -0.25) is 4.72 Å². The van der Waals surface area contributed by atoms with Gasteiger partial charge in [-0.15, -0.1) is 0 Å². The predicted octanol–water partition coefficient (Wildman–Crippen LogP) is 0.748. The van der Waals surface area contributed by atoms with Gasteiger partial charge in [0.15, 0.2) is 5.15 Å². The zero-order valence-corrected chi connectivity index (χ0v) is 9.67. The van der Waals surface area contributed by atoms with Gasteiger partial charge in [-0.05, 0) is 12.1 Å². The summed E-state index contributed by atoms with van der Waals surface area (Å²) in [6, 6.07) is 2.88. The number of carbonyl (C=O) groups excluding carboxylic acids is 1. The van der Waals surface area contributed by atoms with Gasteiger partial charge in [0.25, 0.3) is 0 Å². The topological polar surface area (TPSA) is 97.4 Å². The van der Waals surface area contributed by atoms with Gasteiger partial charge in [0, 0.05) is 6.20 Å². The Labute approximate surface area is 97.0 Å². The Morgan fingerprint density at radius 2 is 2.25 bits per heavy atom. The summed E-state index contributed by atoms with van der Waals surface area (Å²) in [5.74, 6) is 0. The van der Waals surface area contributed by atoms with Crippen molar-refractivity contribution in [3.63, 3.8) is 0 Å². The van der Waals surface area contributed by atoms with Crippen molar-refractivity contribution in [3.05, 3.63) is 23.5 Å². The van der Waals surface area contributed by atoms with Crippen molar-refractivity contribution >= 4 is 33.6 Å². The van der Waals surface area contributed by atoms with Crippen molar-refractivity contribution in [2.45, 2.75) is 0 Å². The summed E-state index contributed by atoms with van der Waals surface area (Å²) in [5, 5.41) is -0.0299. The van der Waals surface area contributed by atoms with Crippen molar-refractivity contribution in [2.75, 3.05) is 11.8 Å². The van der Waals surface area contributed by atoms with Crippen molar-refractivity contribution in [1.29, 1.82) is 0 Å². The molecule has 9 heteroatoms. The first kappa shape index (κ1) is 12.5. The minimum atomic E-state index is -4.07. The van der Waals surface area contributed by atoms with Gasteiger partial charge in [-0.2, -0.15) is 8.42 Å². The number of pyridine rings is 1. The van der Waals surface area contributed by atoms with Crippen LogP contribution in [0.5, 0.6) is 0 Å². The molecule has 7 nitrogen and oxygen atoms in total. The molecule has 0 saturated carbocycles. The molecule has 0 unspecified atom stereocenters. The lowest BCUT2D eigenvalue weighted by atomic mass is 10.4. The smallest absolute Gasteiger partial charge is 0.422 e. The standard InChI is InChI=1S/C7H8ClN3O4S/c1-15-7(12)11-16(13,14)10-5-3-2-4-9-6(5)8/h2-4,10H,1H3,(H,11,12). The molecule has 88 valence electrons. The van der Waals surface area contributed by atoms with Crippen molar-refractivity contribution in [1.82, 2.24) is 9.71 Å². The van der Waals surface area contributed by atoms with Crippen LogP contribution in [0.3, 0.4) is 0 Å². The predicted molar refractivity (Wildman–Crippen MR) is 57.3 cm³/mol. The SMILES string of the molecule is COC(=O)NS(=O)(=O)Nc1cccnc1Cl. The number of aromatic nitrogens is 1. The number of nitrogens with zero attached hydrogens (tertiary/aromatic N) is 1. The summed E-state index contributed by atoms with van der Waals surface area (Å²) in [4.78, 5) is 14.4. The van der Waals surface area contributed by atoms with E-state index in [1.807, 2.05) is 4.72 Å². The Hall–Kier alpha value is -1.54. The second-order valence-electron chi connectivity index (χ2n) is 2.54. The van der Waals surface area contributed by atoms with E-state index in [4.69, 9.17) is 11.6 Å². The largest absolute Gasteiger partial charge is 0.452 e. The molecule has 0 fully saturated rings. The quantitative estimate of drug-likeness (QED) is 0.786. The molecule has 1 rings (SSSR count). The third-order valence-corrected chi connectivity index (χ3v) is 2.63. The van der Waals surface area contributed by atoms with E-state index in [0.29, 0.717) is 0 Å². The first-order valence-corrected chi connectivity index (χ1v) is 5.80. The molecule has 0 aromatic carbocycles. The zero-order valence-electron chi connectivity index (χ0n) is 8.10. The number of amides is 1. The monoisotopic (exact) mass is 265 g/mol. The maximum atomic E-state index is 11.3. The molecular weight excluding hydrogens is 258 g/mol. The van der Waals surface area contributed by atoms with Crippen molar-refractivity contribution < 1.29 is 17.9 Å². The van der Waals surface area contributed by atoms with E-state index in [-0.39, 0.29) is 10.8 Å². The van der Waals surface area contributed by atoms with Gasteiger partial charge in [-0.1, -0.05) is 11.6 Å². The lowest BCUT2D eigenvalue weighted by Gasteiger charge is -2.08. The fraction of sp³-hybridized carbons (Fsp3) is 0.143. The average molecular weight is 266 g/mol. The fourth-order valence-electron chi connectivity index (χ4n) is 0.784. The molecule has 0 aliphatic heterocycles. The third kappa shape index (κ3) is 3.55. The van der Waals surface area contributed by atoms with Crippen LogP contribution in [0.1, 0.15) is 0 Å². The molecule has 2 N–H and O–H groups in total. The molecule has 0 aliphatic carbocycles. The first-order chi connectivity index (χ1) is 7.44. The molecule has 1 heterocycles. The van der Waals surface area contributed by atoms with Crippen LogP contribution in [-0.4, -0.2) is 26.6 Å². The molecular formula is C7H8ClN3O4S. The Bertz CT molecular complexity index is 490.